The van der Waals surface area contributed by atoms with Crippen LogP contribution in [0.2, 0.25) is 0 Å². The van der Waals surface area contributed by atoms with Crippen molar-refractivity contribution in [3.8, 4) is 5.75 Å². The fraction of sp³-hybridized carbons (Fsp3) is 0.333. The number of methoxy groups -OCH3 is 1. The van der Waals surface area contributed by atoms with Gasteiger partial charge < -0.3 is 10.5 Å². The fourth-order valence-corrected chi connectivity index (χ4v) is 3.00. The molecule has 0 saturated heterocycles. The maximum absolute atomic E-state index is 11.9. The molecule has 0 aromatic heterocycles. The van der Waals surface area contributed by atoms with Gasteiger partial charge in [-0.1, -0.05) is 0 Å². The summed E-state index contributed by atoms with van der Waals surface area (Å²) in [5.74, 6) is -0.424. The zero-order valence-corrected chi connectivity index (χ0v) is 11.8. The van der Waals surface area contributed by atoms with Gasteiger partial charge in [0.15, 0.2) is 0 Å². The molecule has 0 aliphatic rings. The van der Waals surface area contributed by atoms with Gasteiger partial charge in [0.2, 0.25) is 20.0 Å². The molecule has 1 rings (SSSR count). The van der Waals surface area contributed by atoms with E-state index in [1.165, 1.54) is 25.3 Å². The Balaban J connectivity index is 2.95. The molecule has 19 heavy (non-hydrogen) atoms. The molecule has 0 aliphatic heterocycles. The minimum absolute atomic E-state index is 0.0723. The SMILES string of the molecule is COc1cc(N)ccc1S(=O)(=O)NCCS(N)(=O)=O. The summed E-state index contributed by atoms with van der Waals surface area (Å²) in [5, 5.41) is 4.78. The molecule has 0 amide bonds. The number of hydrogen-bond donors (Lipinski definition) is 3. The smallest absolute Gasteiger partial charge is 0.244 e. The van der Waals surface area contributed by atoms with Crippen LogP contribution in [0.25, 0.3) is 0 Å². The number of primary sulfonamides is 1. The molecule has 108 valence electrons. The van der Waals surface area contributed by atoms with Crippen molar-refractivity contribution in [2.45, 2.75) is 4.90 Å². The Morgan fingerprint density at radius 2 is 1.89 bits per heavy atom. The van der Waals surface area contributed by atoms with Crippen molar-refractivity contribution in [1.29, 1.82) is 0 Å². The second-order valence-corrected chi connectivity index (χ2v) is 7.14. The summed E-state index contributed by atoms with van der Waals surface area (Å²) in [7, 11) is -6.32. The topological polar surface area (TPSA) is 142 Å². The van der Waals surface area contributed by atoms with Crippen LogP contribution in [0, 0.1) is 0 Å². The molecule has 1 aromatic carbocycles. The zero-order chi connectivity index (χ0) is 14.7. The molecule has 0 fully saturated rings. The van der Waals surface area contributed by atoms with Gasteiger partial charge in [-0.15, -0.1) is 0 Å². The van der Waals surface area contributed by atoms with Gasteiger partial charge in [-0.25, -0.2) is 26.7 Å². The van der Waals surface area contributed by atoms with Crippen molar-refractivity contribution in [2.75, 3.05) is 25.1 Å². The largest absolute Gasteiger partial charge is 0.495 e. The van der Waals surface area contributed by atoms with Crippen LogP contribution in [-0.2, 0) is 20.0 Å². The monoisotopic (exact) mass is 309 g/mol. The Bertz CT molecular complexity index is 654. The lowest BCUT2D eigenvalue weighted by atomic mass is 10.3. The van der Waals surface area contributed by atoms with Crippen LogP contribution in [0.15, 0.2) is 23.1 Å². The Morgan fingerprint density at radius 3 is 2.42 bits per heavy atom. The maximum Gasteiger partial charge on any atom is 0.244 e. The summed E-state index contributed by atoms with van der Waals surface area (Å²) in [6, 6.07) is 4.03. The van der Waals surface area contributed by atoms with Gasteiger partial charge in [-0.05, 0) is 12.1 Å². The predicted molar refractivity (Wildman–Crippen MR) is 70.6 cm³/mol. The highest BCUT2D eigenvalue weighted by Gasteiger charge is 2.19. The summed E-state index contributed by atoms with van der Waals surface area (Å²) in [5.41, 5.74) is 5.86. The van der Waals surface area contributed by atoms with E-state index in [2.05, 4.69) is 4.72 Å². The lowest BCUT2D eigenvalue weighted by Crippen LogP contribution is -2.31. The quantitative estimate of drug-likeness (QED) is 0.566. The van der Waals surface area contributed by atoms with E-state index in [1.54, 1.807) is 0 Å². The molecular formula is C9H15N3O5S2. The average molecular weight is 309 g/mol. The van der Waals surface area contributed by atoms with Gasteiger partial charge >= 0.3 is 0 Å². The lowest BCUT2D eigenvalue weighted by molar-refractivity contribution is 0.402. The van der Waals surface area contributed by atoms with E-state index in [0.29, 0.717) is 5.69 Å². The van der Waals surface area contributed by atoms with Crippen LogP contribution in [0.3, 0.4) is 0 Å². The van der Waals surface area contributed by atoms with Crippen LogP contribution >= 0.6 is 0 Å². The van der Waals surface area contributed by atoms with Gasteiger partial charge in [0, 0.05) is 18.3 Å². The fourth-order valence-electron chi connectivity index (χ4n) is 1.30. The van der Waals surface area contributed by atoms with E-state index in [9.17, 15) is 16.8 Å². The Morgan fingerprint density at radius 1 is 1.26 bits per heavy atom. The van der Waals surface area contributed by atoms with Gasteiger partial charge in [-0.3, -0.25) is 0 Å². The van der Waals surface area contributed by atoms with E-state index in [1.807, 2.05) is 0 Å². The number of nitrogen functional groups attached to an aromatic ring is 1. The molecular weight excluding hydrogens is 294 g/mol. The third-order valence-corrected chi connectivity index (χ3v) is 4.43. The molecule has 0 radical (unpaired) electrons. The molecule has 1 aromatic rings. The summed E-state index contributed by atoms with van der Waals surface area (Å²) in [6.45, 7) is -0.325. The number of nitrogens with one attached hydrogen (secondary N) is 1. The standard InChI is InChI=1S/C9H15N3O5S2/c1-17-8-6-7(10)2-3-9(8)19(15,16)12-4-5-18(11,13)14/h2-3,6,12H,4-5,10H2,1H3,(H2,11,13,14). The minimum atomic E-state index is -3.89. The van der Waals surface area contributed by atoms with Crippen molar-refractivity contribution in [2.24, 2.45) is 5.14 Å². The highest BCUT2D eigenvalue weighted by Crippen LogP contribution is 2.25. The Hall–Kier alpha value is -1.36. The average Bonchev–Trinajstić information content (AvgIpc) is 2.26. The van der Waals surface area contributed by atoms with E-state index >= 15 is 0 Å². The summed E-state index contributed by atoms with van der Waals surface area (Å²) >= 11 is 0. The maximum atomic E-state index is 11.9. The number of nitrogens with two attached hydrogens (primary N) is 2. The molecule has 8 nitrogen and oxygen atoms in total. The molecule has 0 spiro atoms. The summed E-state index contributed by atoms with van der Waals surface area (Å²) in [6.07, 6.45) is 0. The predicted octanol–water partition coefficient (Wildman–Crippen LogP) is -1.16. The van der Waals surface area contributed by atoms with Crippen LogP contribution in [-0.4, -0.2) is 36.2 Å². The zero-order valence-electron chi connectivity index (χ0n) is 10.2. The van der Waals surface area contributed by atoms with E-state index in [-0.39, 0.29) is 17.2 Å². The highest BCUT2D eigenvalue weighted by atomic mass is 32.2. The van der Waals surface area contributed by atoms with Gasteiger partial charge in [0.1, 0.15) is 10.6 Å². The molecule has 10 heteroatoms. The summed E-state index contributed by atoms with van der Waals surface area (Å²) in [4.78, 5) is -0.126. The number of benzene rings is 1. The molecule has 0 bridgehead atoms. The van der Waals surface area contributed by atoms with Gasteiger partial charge in [0.05, 0.1) is 12.9 Å². The first kappa shape index (κ1) is 15.7. The van der Waals surface area contributed by atoms with Crippen molar-refractivity contribution >= 4 is 25.7 Å². The second kappa shape index (κ2) is 5.74. The second-order valence-electron chi connectivity index (χ2n) is 3.68. The van der Waals surface area contributed by atoms with Crippen LogP contribution in [0.4, 0.5) is 5.69 Å². The van der Waals surface area contributed by atoms with E-state index < -0.39 is 25.8 Å². The molecule has 0 unspecified atom stereocenters. The Labute approximate surface area is 111 Å². The third-order valence-electron chi connectivity index (χ3n) is 2.16. The lowest BCUT2D eigenvalue weighted by Gasteiger charge is -2.10. The first-order valence-electron chi connectivity index (χ1n) is 5.09. The number of ether oxygens (including phenoxy) is 1. The molecule has 0 atom stereocenters. The number of rotatable bonds is 6. The van der Waals surface area contributed by atoms with Crippen LogP contribution in [0.1, 0.15) is 0 Å². The highest BCUT2D eigenvalue weighted by molar-refractivity contribution is 7.90. The number of anilines is 1. The molecule has 0 saturated carbocycles. The number of sulfonamides is 2. The first-order valence-corrected chi connectivity index (χ1v) is 8.29. The van der Waals surface area contributed by atoms with Crippen molar-refractivity contribution in [3.63, 3.8) is 0 Å². The van der Waals surface area contributed by atoms with Crippen molar-refractivity contribution in [1.82, 2.24) is 4.72 Å². The van der Waals surface area contributed by atoms with Crippen LogP contribution < -0.4 is 20.3 Å². The van der Waals surface area contributed by atoms with Crippen molar-refractivity contribution in [3.05, 3.63) is 18.2 Å². The van der Waals surface area contributed by atoms with Crippen molar-refractivity contribution < 1.29 is 21.6 Å². The minimum Gasteiger partial charge on any atom is -0.495 e. The van der Waals surface area contributed by atoms with E-state index in [4.69, 9.17) is 15.6 Å². The Kier molecular flexibility index (Phi) is 4.74. The van der Waals surface area contributed by atoms with Crippen LogP contribution in [0.5, 0.6) is 5.75 Å². The first-order chi connectivity index (χ1) is 8.65. The third kappa shape index (κ3) is 4.67. The van der Waals surface area contributed by atoms with Gasteiger partial charge in [-0.2, -0.15) is 0 Å². The normalized spacial score (nSPS) is 12.3. The number of hydrogen-bond acceptors (Lipinski definition) is 6. The molecule has 5 N–H and O–H groups in total. The van der Waals surface area contributed by atoms with E-state index in [0.717, 1.165) is 0 Å². The molecule has 0 heterocycles. The summed E-state index contributed by atoms with van der Waals surface area (Å²) < 4.78 is 52.4. The molecule has 0 aliphatic carbocycles. The van der Waals surface area contributed by atoms with Gasteiger partial charge in [0.25, 0.3) is 0 Å².